The Kier molecular flexibility index (Phi) is 12.0. The van der Waals surface area contributed by atoms with Crippen LogP contribution in [0.25, 0.3) is 0 Å². The van der Waals surface area contributed by atoms with Crippen molar-refractivity contribution in [3.63, 3.8) is 0 Å². The van der Waals surface area contributed by atoms with Crippen LogP contribution in [0.3, 0.4) is 0 Å². The first kappa shape index (κ1) is 21.0. The number of rotatable bonds is 13. The normalized spacial score (nSPS) is 11.4. The fourth-order valence-corrected chi connectivity index (χ4v) is 2.58. The molecule has 0 aliphatic carbocycles. The van der Waals surface area contributed by atoms with Crippen LogP contribution in [0.1, 0.15) is 70.3 Å². The summed E-state index contributed by atoms with van der Waals surface area (Å²) < 4.78 is 0. The summed E-state index contributed by atoms with van der Waals surface area (Å²) >= 11 is 0. The molecule has 1 amide bonds. The van der Waals surface area contributed by atoms with Gasteiger partial charge in [-0.3, -0.25) is 4.79 Å². The van der Waals surface area contributed by atoms with Gasteiger partial charge in [-0.15, -0.1) is 0 Å². The van der Waals surface area contributed by atoms with Gasteiger partial charge in [0.15, 0.2) is 0 Å². The van der Waals surface area contributed by atoms with Crippen LogP contribution < -0.4 is 5.32 Å². The summed E-state index contributed by atoms with van der Waals surface area (Å²) in [6, 6.07) is 6.96. The maximum Gasteiger partial charge on any atom is 0.224 e. The second-order valence-corrected chi connectivity index (χ2v) is 6.43. The number of unbranched alkanes of at least 4 members (excludes halogenated alkanes) is 7. The van der Waals surface area contributed by atoms with Gasteiger partial charge < -0.3 is 10.4 Å². The highest BCUT2D eigenvalue weighted by molar-refractivity contribution is 5.77. The van der Waals surface area contributed by atoms with Crippen LogP contribution in [0.15, 0.2) is 48.7 Å². The number of phenolic OH excluding ortho intramolecular Hbond substituents is 1. The van der Waals surface area contributed by atoms with E-state index in [0.717, 1.165) is 12.0 Å². The van der Waals surface area contributed by atoms with Gasteiger partial charge in [-0.25, -0.2) is 0 Å². The SMILES string of the molecule is CCCCCCCCCC=CC=CNC(=O)CCc1ccc(O)cc1. The number of allylic oxidation sites excluding steroid dienone is 3. The number of aromatic hydroxyl groups is 1. The lowest BCUT2D eigenvalue weighted by Gasteiger charge is -2.01. The van der Waals surface area contributed by atoms with E-state index in [1.807, 2.05) is 24.3 Å². The molecule has 3 nitrogen and oxygen atoms in total. The van der Waals surface area contributed by atoms with Gasteiger partial charge in [0.1, 0.15) is 5.75 Å². The fourth-order valence-electron chi connectivity index (χ4n) is 2.58. The molecule has 3 heteroatoms. The second-order valence-electron chi connectivity index (χ2n) is 6.43. The van der Waals surface area contributed by atoms with Crippen molar-refractivity contribution in [1.82, 2.24) is 5.32 Å². The smallest absolute Gasteiger partial charge is 0.224 e. The summed E-state index contributed by atoms with van der Waals surface area (Å²) in [5.74, 6) is 0.254. The van der Waals surface area contributed by atoms with Crippen molar-refractivity contribution in [2.24, 2.45) is 0 Å². The van der Waals surface area contributed by atoms with Crippen molar-refractivity contribution in [3.8, 4) is 5.75 Å². The number of hydrogen-bond acceptors (Lipinski definition) is 2. The Bertz CT molecular complexity index is 517. The molecule has 0 heterocycles. The molecular formula is C22H33NO2. The zero-order chi connectivity index (χ0) is 18.2. The molecule has 0 saturated carbocycles. The Labute approximate surface area is 152 Å². The average Bonchev–Trinajstić information content (AvgIpc) is 2.62. The third kappa shape index (κ3) is 12.0. The highest BCUT2D eigenvalue weighted by Gasteiger charge is 2.00. The number of amides is 1. The van der Waals surface area contributed by atoms with Crippen LogP contribution in [0, 0.1) is 0 Å². The molecule has 0 fully saturated rings. The third-order valence-electron chi connectivity index (χ3n) is 4.14. The van der Waals surface area contributed by atoms with E-state index in [4.69, 9.17) is 0 Å². The number of phenols is 1. The zero-order valence-electron chi connectivity index (χ0n) is 15.5. The van der Waals surface area contributed by atoms with E-state index in [-0.39, 0.29) is 11.7 Å². The number of nitrogens with one attached hydrogen (secondary N) is 1. The lowest BCUT2D eigenvalue weighted by atomic mass is 10.1. The van der Waals surface area contributed by atoms with Gasteiger partial charge in [-0.1, -0.05) is 69.7 Å². The monoisotopic (exact) mass is 343 g/mol. The first-order chi connectivity index (χ1) is 12.2. The molecule has 0 bridgehead atoms. The molecular weight excluding hydrogens is 310 g/mol. The van der Waals surface area contributed by atoms with Crippen LogP contribution in [0.4, 0.5) is 0 Å². The van der Waals surface area contributed by atoms with Crippen LogP contribution >= 0.6 is 0 Å². The summed E-state index contributed by atoms with van der Waals surface area (Å²) in [6.45, 7) is 2.25. The molecule has 0 aliphatic rings. The zero-order valence-corrected chi connectivity index (χ0v) is 15.5. The molecule has 0 atom stereocenters. The highest BCUT2D eigenvalue weighted by Crippen LogP contribution is 2.11. The quantitative estimate of drug-likeness (QED) is 0.359. The van der Waals surface area contributed by atoms with Crippen molar-refractivity contribution in [2.75, 3.05) is 0 Å². The minimum absolute atomic E-state index is 0.00445. The van der Waals surface area contributed by atoms with E-state index in [9.17, 15) is 9.90 Å². The molecule has 0 saturated heterocycles. The molecule has 1 rings (SSSR count). The topological polar surface area (TPSA) is 49.3 Å². The molecule has 0 spiro atoms. The van der Waals surface area contributed by atoms with Crippen molar-refractivity contribution in [3.05, 3.63) is 54.3 Å². The van der Waals surface area contributed by atoms with Gasteiger partial charge >= 0.3 is 0 Å². The molecule has 0 unspecified atom stereocenters. The van der Waals surface area contributed by atoms with Crippen LogP contribution in [-0.4, -0.2) is 11.0 Å². The molecule has 138 valence electrons. The first-order valence-electron chi connectivity index (χ1n) is 9.61. The first-order valence-corrected chi connectivity index (χ1v) is 9.61. The summed E-state index contributed by atoms with van der Waals surface area (Å²) in [5, 5.41) is 12.0. The Morgan fingerprint density at radius 2 is 1.68 bits per heavy atom. The van der Waals surface area contributed by atoms with E-state index in [1.165, 1.54) is 44.9 Å². The molecule has 25 heavy (non-hydrogen) atoms. The maximum atomic E-state index is 11.7. The van der Waals surface area contributed by atoms with Crippen molar-refractivity contribution < 1.29 is 9.90 Å². The summed E-state index contributed by atoms with van der Waals surface area (Å²) in [5.41, 5.74) is 1.05. The standard InChI is InChI=1S/C22H33NO2/c1-2-3-4-5-6-7-8-9-10-11-12-19-23-22(25)18-15-20-13-16-21(24)17-14-20/h10-14,16-17,19,24H,2-9,15,18H2,1H3,(H,23,25). The van der Waals surface area contributed by atoms with Crippen molar-refractivity contribution >= 4 is 5.91 Å². The highest BCUT2D eigenvalue weighted by atomic mass is 16.3. The van der Waals surface area contributed by atoms with Gasteiger partial charge in [-0.05, 0) is 43.0 Å². The number of benzene rings is 1. The Hall–Kier alpha value is -2.03. The van der Waals surface area contributed by atoms with Gasteiger partial charge in [0, 0.05) is 12.6 Å². The Balaban J connectivity index is 2.00. The molecule has 1 aromatic carbocycles. The Morgan fingerprint density at radius 3 is 2.40 bits per heavy atom. The van der Waals surface area contributed by atoms with Crippen LogP contribution in [0.5, 0.6) is 5.75 Å². The maximum absolute atomic E-state index is 11.7. The lowest BCUT2D eigenvalue weighted by molar-refractivity contribution is -0.120. The number of aryl methyl sites for hydroxylation is 1. The average molecular weight is 344 g/mol. The molecule has 1 aromatic rings. The summed E-state index contributed by atoms with van der Waals surface area (Å²) in [7, 11) is 0. The lowest BCUT2D eigenvalue weighted by Crippen LogP contribution is -2.17. The summed E-state index contributed by atoms with van der Waals surface area (Å²) in [6.07, 6.45) is 19.3. The minimum Gasteiger partial charge on any atom is -0.508 e. The van der Waals surface area contributed by atoms with Gasteiger partial charge in [0.25, 0.3) is 0 Å². The largest absolute Gasteiger partial charge is 0.508 e. The Morgan fingerprint density at radius 1 is 1.00 bits per heavy atom. The van der Waals surface area contributed by atoms with E-state index >= 15 is 0 Å². The third-order valence-corrected chi connectivity index (χ3v) is 4.14. The van der Waals surface area contributed by atoms with Gasteiger partial charge in [0.05, 0.1) is 0 Å². The number of hydrogen-bond donors (Lipinski definition) is 2. The van der Waals surface area contributed by atoms with E-state index in [2.05, 4.69) is 18.3 Å². The van der Waals surface area contributed by atoms with Crippen molar-refractivity contribution in [2.45, 2.75) is 71.1 Å². The van der Waals surface area contributed by atoms with Crippen LogP contribution in [0.2, 0.25) is 0 Å². The van der Waals surface area contributed by atoms with E-state index in [1.54, 1.807) is 18.3 Å². The fraction of sp³-hybridized carbons (Fsp3) is 0.500. The van der Waals surface area contributed by atoms with Gasteiger partial charge in [-0.2, -0.15) is 0 Å². The van der Waals surface area contributed by atoms with Gasteiger partial charge in [0.2, 0.25) is 5.91 Å². The molecule has 0 aromatic heterocycles. The second kappa shape index (κ2) is 14.3. The van der Waals surface area contributed by atoms with E-state index in [0.29, 0.717) is 12.8 Å². The minimum atomic E-state index is 0.00445. The predicted molar refractivity (Wildman–Crippen MR) is 105 cm³/mol. The predicted octanol–water partition coefficient (Wildman–Crippen LogP) is 5.65. The number of carbonyl (C=O) groups is 1. The van der Waals surface area contributed by atoms with Crippen LogP contribution in [-0.2, 0) is 11.2 Å². The van der Waals surface area contributed by atoms with E-state index < -0.39 is 0 Å². The number of carbonyl (C=O) groups excluding carboxylic acids is 1. The molecule has 2 N–H and O–H groups in total. The summed E-state index contributed by atoms with van der Waals surface area (Å²) in [4.78, 5) is 11.7. The van der Waals surface area contributed by atoms with Crippen molar-refractivity contribution in [1.29, 1.82) is 0 Å². The molecule has 0 aliphatic heterocycles. The molecule has 0 radical (unpaired) electrons.